The van der Waals surface area contributed by atoms with Gasteiger partial charge in [-0.25, -0.2) is 9.97 Å². The number of nitrogens with two attached hydrogens (primary N) is 1. The molecule has 2 aromatic rings. The maximum absolute atomic E-state index is 5.78. The first-order valence-corrected chi connectivity index (χ1v) is 5.64. The van der Waals surface area contributed by atoms with Gasteiger partial charge < -0.3 is 10.7 Å². The van der Waals surface area contributed by atoms with Crippen molar-refractivity contribution in [3.63, 3.8) is 0 Å². The highest BCUT2D eigenvalue weighted by molar-refractivity contribution is 5.71. The Hall–Kier alpha value is -1.42. The molecule has 86 valence electrons. The lowest BCUT2D eigenvalue weighted by Crippen LogP contribution is -2.18. The summed E-state index contributed by atoms with van der Waals surface area (Å²) < 4.78 is 0. The van der Waals surface area contributed by atoms with Gasteiger partial charge in [0.25, 0.3) is 0 Å². The standard InChI is InChI=1S/C12H18N4/c1-7(2)9(5-13)11-15-10-4-8(3)6-14-12(10)16-11/h4,6-7,9H,5,13H2,1-3H3,(H,14,15,16). The summed E-state index contributed by atoms with van der Waals surface area (Å²) in [6.07, 6.45) is 1.83. The summed E-state index contributed by atoms with van der Waals surface area (Å²) in [6.45, 7) is 6.94. The van der Waals surface area contributed by atoms with Crippen LogP contribution in [0.3, 0.4) is 0 Å². The Morgan fingerprint density at radius 3 is 2.81 bits per heavy atom. The molecular formula is C12H18N4. The molecule has 0 radical (unpaired) electrons. The topological polar surface area (TPSA) is 67.6 Å². The second-order valence-electron chi connectivity index (χ2n) is 4.59. The molecule has 0 spiro atoms. The van der Waals surface area contributed by atoms with Crippen molar-refractivity contribution < 1.29 is 0 Å². The third-order valence-corrected chi connectivity index (χ3v) is 2.90. The molecule has 0 aliphatic rings. The summed E-state index contributed by atoms with van der Waals surface area (Å²) >= 11 is 0. The number of nitrogens with one attached hydrogen (secondary N) is 1. The van der Waals surface area contributed by atoms with Gasteiger partial charge in [0, 0.05) is 18.7 Å². The lowest BCUT2D eigenvalue weighted by Gasteiger charge is -2.15. The minimum Gasteiger partial charge on any atom is -0.340 e. The van der Waals surface area contributed by atoms with Gasteiger partial charge in [-0.1, -0.05) is 13.8 Å². The average molecular weight is 218 g/mol. The van der Waals surface area contributed by atoms with Crippen molar-refractivity contribution in [3.8, 4) is 0 Å². The molecule has 0 fully saturated rings. The zero-order valence-electron chi connectivity index (χ0n) is 9.99. The Labute approximate surface area is 95.3 Å². The summed E-state index contributed by atoms with van der Waals surface area (Å²) in [5.74, 6) is 1.70. The van der Waals surface area contributed by atoms with Crippen molar-refractivity contribution in [2.75, 3.05) is 6.54 Å². The largest absolute Gasteiger partial charge is 0.340 e. The predicted molar refractivity (Wildman–Crippen MR) is 65.3 cm³/mol. The van der Waals surface area contributed by atoms with Crippen molar-refractivity contribution in [1.29, 1.82) is 0 Å². The zero-order chi connectivity index (χ0) is 11.7. The van der Waals surface area contributed by atoms with Crippen LogP contribution in [0, 0.1) is 12.8 Å². The molecule has 2 rings (SSSR count). The summed E-state index contributed by atoms with van der Waals surface area (Å²) in [5.41, 5.74) is 8.68. The van der Waals surface area contributed by atoms with Gasteiger partial charge in [0.1, 0.15) is 5.82 Å². The number of aryl methyl sites for hydroxylation is 1. The third-order valence-electron chi connectivity index (χ3n) is 2.90. The van der Waals surface area contributed by atoms with Gasteiger partial charge in [-0.15, -0.1) is 0 Å². The molecule has 0 aromatic carbocycles. The molecule has 2 heterocycles. The van der Waals surface area contributed by atoms with Crippen molar-refractivity contribution in [2.24, 2.45) is 11.7 Å². The highest BCUT2D eigenvalue weighted by Crippen LogP contribution is 2.22. The van der Waals surface area contributed by atoms with Crippen LogP contribution in [0.1, 0.15) is 31.2 Å². The van der Waals surface area contributed by atoms with Gasteiger partial charge in [-0.2, -0.15) is 0 Å². The van der Waals surface area contributed by atoms with Crippen molar-refractivity contribution >= 4 is 11.2 Å². The van der Waals surface area contributed by atoms with Crippen LogP contribution in [0.15, 0.2) is 12.3 Å². The van der Waals surface area contributed by atoms with E-state index in [0.29, 0.717) is 12.5 Å². The van der Waals surface area contributed by atoms with E-state index in [1.807, 2.05) is 13.1 Å². The number of hydrogen-bond acceptors (Lipinski definition) is 3. The monoisotopic (exact) mass is 218 g/mol. The van der Waals surface area contributed by atoms with Gasteiger partial charge in [0.15, 0.2) is 5.65 Å². The lowest BCUT2D eigenvalue weighted by atomic mass is 9.95. The van der Waals surface area contributed by atoms with Crippen LogP contribution >= 0.6 is 0 Å². The molecule has 0 saturated heterocycles. The molecule has 4 heteroatoms. The number of H-pyrrole nitrogens is 1. The zero-order valence-corrected chi connectivity index (χ0v) is 9.99. The average Bonchev–Trinajstić information content (AvgIpc) is 2.60. The number of pyridine rings is 1. The molecule has 0 amide bonds. The van der Waals surface area contributed by atoms with Crippen LogP contribution in [0.5, 0.6) is 0 Å². The molecule has 0 aliphatic heterocycles. The second kappa shape index (κ2) is 4.22. The van der Waals surface area contributed by atoms with E-state index in [-0.39, 0.29) is 5.92 Å². The molecule has 3 N–H and O–H groups in total. The fourth-order valence-electron chi connectivity index (χ4n) is 1.90. The summed E-state index contributed by atoms with van der Waals surface area (Å²) in [4.78, 5) is 12.1. The highest BCUT2D eigenvalue weighted by Gasteiger charge is 2.18. The van der Waals surface area contributed by atoms with Gasteiger partial charge >= 0.3 is 0 Å². The van der Waals surface area contributed by atoms with E-state index in [1.54, 1.807) is 0 Å². The second-order valence-corrected chi connectivity index (χ2v) is 4.59. The van der Waals surface area contributed by atoms with Crippen LogP contribution in [0.25, 0.3) is 11.2 Å². The maximum Gasteiger partial charge on any atom is 0.177 e. The highest BCUT2D eigenvalue weighted by atomic mass is 15.0. The molecule has 4 nitrogen and oxygen atoms in total. The molecule has 1 atom stereocenters. The van der Waals surface area contributed by atoms with E-state index in [4.69, 9.17) is 5.73 Å². The van der Waals surface area contributed by atoms with Crippen molar-refractivity contribution in [3.05, 3.63) is 23.7 Å². The normalized spacial score (nSPS) is 13.6. The quantitative estimate of drug-likeness (QED) is 0.827. The Morgan fingerprint density at radius 1 is 1.44 bits per heavy atom. The van der Waals surface area contributed by atoms with Crippen LogP contribution in [0.2, 0.25) is 0 Å². The number of fused-ring (bicyclic) bond motifs is 1. The maximum atomic E-state index is 5.78. The molecule has 1 unspecified atom stereocenters. The fourth-order valence-corrected chi connectivity index (χ4v) is 1.90. The smallest absolute Gasteiger partial charge is 0.177 e. The van der Waals surface area contributed by atoms with Crippen molar-refractivity contribution in [2.45, 2.75) is 26.7 Å². The number of aromatic amines is 1. The van der Waals surface area contributed by atoms with Crippen molar-refractivity contribution in [1.82, 2.24) is 15.0 Å². The molecular weight excluding hydrogens is 200 g/mol. The van der Waals surface area contributed by atoms with Crippen LogP contribution in [-0.4, -0.2) is 21.5 Å². The lowest BCUT2D eigenvalue weighted by molar-refractivity contribution is 0.488. The predicted octanol–water partition coefficient (Wildman–Crippen LogP) is 1.96. The van der Waals surface area contributed by atoms with Crippen LogP contribution in [0.4, 0.5) is 0 Å². The summed E-state index contributed by atoms with van der Waals surface area (Å²) in [5, 5.41) is 0. The fraction of sp³-hybridized carbons (Fsp3) is 0.500. The minimum atomic E-state index is 0.273. The molecule has 0 saturated carbocycles. The van der Waals surface area contributed by atoms with Gasteiger partial charge in [-0.05, 0) is 24.5 Å². The van der Waals surface area contributed by atoms with E-state index < -0.39 is 0 Å². The Bertz CT molecular complexity index is 487. The number of aromatic nitrogens is 3. The number of imidazole rings is 1. The van der Waals surface area contributed by atoms with E-state index in [0.717, 1.165) is 22.6 Å². The van der Waals surface area contributed by atoms with Crippen LogP contribution in [-0.2, 0) is 0 Å². The SMILES string of the molecule is Cc1cnc2nc(C(CN)C(C)C)[nH]c2c1. The molecule has 2 aromatic heterocycles. The molecule has 0 aliphatic carbocycles. The van der Waals surface area contributed by atoms with E-state index in [9.17, 15) is 0 Å². The van der Waals surface area contributed by atoms with Gasteiger partial charge in [0.2, 0.25) is 0 Å². The first-order chi connectivity index (χ1) is 7.61. The van der Waals surface area contributed by atoms with Gasteiger partial charge in [-0.3, -0.25) is 0 Å². The third kappa shape index (κ3) is 1.93. The first kappa shape index (κ1) is 11.1. The van der Waals surface area contributed by atoms with E-state index in [2.05, 4.69) is 34.9 Å². The number of hydrogen-bond donors (Lipinski definition) is 2. The Balaban J connectivity index is 2.45. The number of rotatable bonds is 3. The Morgan fingerprint density at radius 2 is 2.19 bits per heavy atom. The summed E-state index contributed by atoms with van der Waals surface area (Å²) in [6, 6.07) is 2.06. The number of nitrogens with zero attached hydrogens (tertiary/aromatic N) is 2. The Kier molecular flexibility index (Phi) is 2.92. The molecule has 16 heavy (non-hydrogen) atoms. The first-order valence-electron chi connectivity index (χ1n) is 5.64. The minimum absolute atomic E-state index is 0.273. The van der Waals surface area contributed by atoms with Crippen LogP contribution < -0.4 is 5.73 Å². The summed E-state index contributed by atoms with van der Waals surface area (Å²) in [7, 11) is 0. The molecule has 0 bridgehead atoms. The van der Waals surface area contributed by atoms with E-state index >= 15 is 0 Å². The van der Waals surface area contributed by atoms with Gasteiger partial charge in [0.05, 0.1) is 5.52 Å². The van der Waals surface area contributed by atoms with E-state index in [1.165, 1.54) is 0 Å².